The van der Waals surface area contributed by atoms with Crippen molar-refractivity contribution in [1.82, 2.24) is 14.9 Å². The van der Waals surface area contributed by atoms with Gasteiger partial charge in [0.2, 0.25) is 0 Å². The lowest BCUT2D eigenvalue weighted by Crippen LogP contribution is -2.16. The van der Waals surface area contributed by atoms with Gasteiger partial charge in [-0.05, 0) is 12.0 Å². The topological polar surface area (TPSA) is 46.9 Å². The van der Waals surface area contributed by atoms with E-state index in [1.165, 1.54) is 10.9 Å². The third-order valence-electron chi connectivity index (χ3n) is 2.96. The summed E-state index contributed by atoms with van der Waals surface area (Å²) in [6.45, 7) is 3.00. The molecular weight excluding hydrogens is 250 g/mol. The van der Waals surface area contributed by atoms with Crippen LogP contribution in [0.3, 0.4) is 0 Å². The van der Waals surface area contributed by atoms with Crippen molar-refractivity contribution < 1.29 is 4.79 Å². The highest BCUT2D eigenvalue weighted by atomic mass is 16.1. The Kier molecular flexibility index (Phi) is 5.12. The molecule has 0 amide bonds. The summed E-state index contributed by atoms with van der Waals surface area (Å²) >= 11 is 0. The van der Waals surface area contributed by atoms with E-state index in [0.717, 1.165) is 30.6 Å². The van der Waals surface area contributed by atoms with Crippen LogP contribution in [0, 0.1) is 0 Å². The van der Waals surface area contributed by atoms with E-state index in [0.29, 0.717) is 0 Å². The van der Waals surface area contributed by atoms with E-state index in [2.05, 4.69) is 17.2 Å². The molecule has 0 spiro atoms. The highest BCUT2D eigenvalue weighted by molar-refractivity contribution is 5.96. The fourth-order valence-corrected chi connectivity index (χ4v) is 1.84. The fourth-order valence-electron chi connectivity index (χ4n) is 1.84. The molecule has 1 heterocycles. The molecule has 1 aromatic carbocycles. The molecule has 4 heteroatoms. The number of hydrogen-bond acceptors (Lipinski definition) is 3. The average Bonchev–Trinajstić information content (AvgIpc) is 3.01. The number of nitrogens with zero attached hydrogens (tertiary/aromatic N) is 2. The van der Waals surface area contributed by atoms with Gasteiger partial charge < -0.3 is 5.32 Å². The Morgan fingerprint density at radius 2 is 2.15 bits per heavy atom. The lowest BCUT2D eigenvalue weighted by molar-refractivity contribution is 0.0969. The van der Waals surface area contributed by atoms with E-state index in [9.17, 15) is 4.79 Å². The Morgan fingerprint density at radius 1 is 1.35 bits per heavy atom. The summed E-state index contributed by atoms with van der Waals surface area (Å²) in [7, 11) is 0. The number of benzene rings is 1. The summed E-state index contributed by atoms with van der Waals surface area (Å²) in [6, 6.07) is 9.88. The first-order valence-corrected chi connectivity index (χ1v) is 6.84. The largest absolute Gasteiger partial charge is 0.384 e. The fraction of sp³-hybridized carbons (Fsp3) is 0.250. The molecule has 2 rings (SSSR count). The summed E-state index contributed by atoms with van der Waals surface area (Å²) < 4.78 is 1.46. The normalized spacial score (nSPS) is 11.3. The maximum atomic E-state index is 12.1. The average molecular weight is 269 g/mol. The van der Waals surface area contributed by atoms with Crippen LogP contribution in [0.4, 0.5) is 0 Å². The summed E-state index contributed by atoms with van der Waals surface area (Å²) in [4.78, 5) is 16.0. The molecule has 0 atom stereocenters. The zero-order chi connectivity index (χ0) is 14.2. The summed E-state index contributed by atoms with van der Waals surface area (Å²) in [5.74, 6) is -0.106. The van der Waals surface area contributed by atoms with Gasteiger partial charge in [-0.25, -0.2) is 4.98 Å². The number of carbonyl (C=O) groups is 1. The standard InChI is InChI=1S/C16H19N3O/c1-2-3-9-18-15(14-7-5-4-6-8-14)12-16(20)19-11-10-17-13-19/h4-8,10-13,18H,2-3,9H2,1H3/b15-12+. The van der Waals surface area contributed by atoms with Crippen molar-refractivity contribution in [3.63, 3.8) is 0 Å². The number of rotatable bonds is 6. The minimum Gasteiger partial charge on any atom is -0.384 e. The van der Waals surface area contributed by atoms with Gasteiger partial charge in [0.05, 0.1) is 0 Å². The van der Waals surface area contributed by atoms with Gasteiger partial charge in [0.1, 0.15) is 6.33 Å². The molecule has 2 aromatic rings. The van der Waals surface area contributed by atoms with Crippen molar-refractivity contribution in [3.05, 3.63) is 60.7 Å². The van der Waals surface area contributed by atoms with Gasteiger partial charge in [0.15, 0.2) is 0 Å². The Labute approximate surface area is 119 Å². The Balaban J connectivity index is 2.19. The molecule has 20 heavy (non-hydrogen) atoms. The minimum atomic E-state index is -0.106. The molecule has 0 aliphatic carbocycles. The molecule has 4 nitrogen and oxygen atoms in total. The highest BCUT2D eigenvalue weighted by Crippen LogP contribution is 2.11. The number of unbranched alkanes of at least 4 members (excludes halogenated alkanes) is 1. The van der Waals surface area contributed by atoms with Crippen LogP contribution in [-0.4, -0.2) is 22.0 Å². The second kappa shape index (κ2) is 7.28. The van der Waals surface area contributed by atoms with Gasteiger partial charge >= 0.3 is 0 Å². The third kappa shape index (κ3) is 3.82. The van der Waals surface area contributed by atoms with Crippen LogP contribution >= 0.6 is 0 Å². The molecule has 1 N–H and O–H groups in total. The smallest absolute Gasteiger partial charge is 0.257 e. The molecular formula is C16H19N3O. The lowest BCUT2D eigenvalue weighted by Gasteiger charge is -2.11. The molecule has 0 unspecified atom stereocenters. The maximum absolute atomic E-state index is 12.1. The predicted molar refractivity (Wildman–Crippen MR) is 80.2 cm³/mol. The molecule has 0 saturated carbocycles. The van der Waals surface area contributed by atoms with Crippen LogP contribution in [0.25, 0.3) is 5.70 Å². The van der Waals surface area contributed by atoms with Crippen LogP contribution in [-0.2, 0) is 0 Å². The zero-order valence-corrected chi connectivity index (χ0v) is 11.6. The molecule has 0 saturated heterocycles. The Morgan fingerprint density at radius 3 is 2.80 bits per heavy atom. The SMILES string of the molecule is CCCCN/C(=C/C(=O)n1ccnc1)c1ccccc1. The van der Waals surface area contributed by atoms with E-state index in [1.807, 2.05) is 30.3 Å². The van der Waals surface area contributed by atoms with Gasteiger partial charge in [-0.1, -0.05) is 43.7 Å². The molecule has 0 bridgehead atoms. The quantitative estimate of drug-likeness (QED) is 0.648. The third-order valence-corrected chi connectivity index (χ3v) is 2.96. The van der Waals surface area contributed by atoms with Crippen molar-refractivity contribution in [2.75, 3.05) is 6.54 Å². The monoisotopic (exact) mass is 269 g/mol. The van der Waals surface area contributed by atoms with Gasteiger partial charge in [-0.2, -0.15) is 0 Å². The Bertz CT molecular complexity index is 559. The van der Waals surface area contributed by atoms with Crippen LogP contribution < -0.4 is 5.32 Å². The van der Waals surface area contributed by atoms with Crippen LogP contribution in [0.15, 0.2) is 55.1 Å². The van der Waals surface area contributed by atoms with Crippen LogP contribution in [0.5, 0.6) is 0 Å². The van der Waals surface area contributed by atoms with Crippen molar-refractivity contribution in [2.24, 2.45) is 0 Å². The highest BCUT2D eigenvalue weighted by Gasteiger charge is 2.05. The number of imidazole rings is 1. The number of hydrogen-bond donors (Lipinski definition) is 1. The first kappa shape index (κ1) is 14.1. The summed E-state index contributed by atoms with van der Waals surface area (Å²) in [5.41, 5.74) is 1.86. The minimum absolute atomic E-state index is 0.106. The van der Waals surface area contributed by atoms with E-state index in [-0.39, 0.29) is 5.91 Å². The first-order chi connectivity index (χ1) is 9.81. The Hall–Kier alpha value is -2.36. The van der Waals surface area contributed by atoms with E-state index >= 15 is 0 Å². The summed E-state index contributed by atoms with van der Waals surface area (Å²) in [6.07, 6.45) is 8.56. The lowest BCUT2D eigenvalue weighted by atomic mass is 10.1. The van der Waals surface area contributed by atoms with Crippen molar-refractivity contribution >= 4 is 11.6 Å². The molecule has 104 valence electrons. The van der Waals surface area contributed by atoms with Gasteiger partial charge in [0.25, 0.3) is 5.91 Å². The number of carbonyl (C=O) groups excluding carboxylic acids is 1. The molecule has 0 aliphatic rings. The molecule has 1 aromatic heterocycles. The van der Waals surface area contributed by atoms with E-state index in [1.54, 1.807) is 18.5 Å². The van der Waals surface area contributed by atoms with Crippen molar-refractivity contribution in [1.29, 1.82) is 0 Å². The second-order valence-corrected chi connectivity index (χ2v) is 4.51. The predicted octanol–water partition coefficient (Wildman–Crippen LogP) is 2.95. The van der Waals surface area contributed by atoms with Crippen molar-refractivity contribution in [2.45, 2.75) is 19.8 Å². The molecule has 0 aliphatic heterocycles. The number of nitrogens with one attached hydrogen (secondary N) is 1. The first-order valence-electron chi connectivity index (χ1n) is 6.84. The van der Waals surface area contributed by atoms with Crippen LogP contribution in [0.2, 0.25) is 0 Å². The van der Waals surface area contributed by atoms with Gasteiger partial charge in [0, 0.05) is 30.7 Å². The molecule has 0 fully saturated rings. The van der Waals surface area contributed by atoms with Gasteiger partial charge in [-0.3, -0.25) is 9.36 Å². The molecule has 0 radical (unpaired) electrons. The van der Waals surface area contributed by atoms with E-state index < -0.39 is 0 Å². The number of allylic oxidation sites excluding steroid dienone is 1. The van der Waals surface area contributed by atoms with E-state index in [4.69, 9.17) is 0 Å². The zero-order valence-electron chi connectivity index (χ0n) is 11.6. The summed E-state index contributed by atoms with van der Waals surface area (Å²) in [5, 5.41) is 3.34. The van der Waals surface area contributed by atoms with Crippen LogP contribution in [0.1, 0.15) is 30.1 Å². The maximum Gasteiger partial charge on any atom is 0.257 e. The van der Waals surface area contributed by atoms with Crippen molar-refractivity contribution in [3.8, 4) is 0 Å². The second-order valence-electron chi connectivity index (χ2n) is 4.51. The van der Waals surface area contributed by atoms with Gasteiger partial charge in [-0.15, -0.1) is 0 Å². The number of aromatic nitrogens is 2.